The van der Waals surface area contributed by atoms with Crippen LogP contribution in [0.25, 0.3) is 10.9 Å². The first kappa shape index (κ1) is 14.6. The molecule has 3 N–H and O–H groups in total. The quantitative estimate of drug-likeness (QED) is 0.725. The third-order valence-electron chi connectivity index (χ3n) is 3.49. The summed E-state index contributed by atoms with van der Waals surface area (Å²) in [4.78, 5) is 15.0. The number of aryl methyl sites for hydroxylation is 1. The second-order valence-corrected chi connectivity index (χ2v) is 5.19. The number of H-pyrrole nitrogens is 1. The molecule has 1 aromatic heterocycles. The number of fused-ring (bicyclic) bond motifs is 1. The zero-order valence-corrected chi connectivity index (χ0v) is 11.9. The van der Waals surface area contributed by atoms with Crippen molar-refractivity contribution in [2.75, 3.05) is 6.61 Å². The number of carbonyl (C=O) groups excluding carboxylic acids is 1. The van der Waals surface area contributed by atoms with E-state index in [1.807, 2.05) is 25.3 Å². The molecular weight excluding hydrogens is 252 g/mol. The van der Waals surface area contributed by atoms with Crippen LogP contribution in [-0.4, -0.2) is 28.6 Å². The van der Waals surface area contributed by atoms with Gasteiger partial charge in [0.15, 0.2) is 0 Å². The highest BCUT2D eigenvalue weighted by molar-refractivity contribution is 5.83. The minimum absolute atomic E-state index is 0.0422. The Kier molecular flexibility index (Phi) is 5.18. The van der Waals surface area contributed by atoms with Crippen molar-refractivity contribution in [3.8, 4) is 0 Å². The van der Waals surface area contributed by atoms with Crippen LogP contribution in [0.5, 0.6) is 0 Å². The third-order valence-corrected chi connectivity index (χ3v) is 3.49. The number of amides is 1. The van der Waals surface area contributed by atoms with Crippen molar-refractivity contribution in [2.24, 2.45) is 0 Å². The van der Waals surface area contributed by atoms with Crippen molar-refractivity contribution < 1.29 is 9.90 Å². The summed E-state index contributed by atoms with van der Waals surface area (Å²) in [5.74, 6) is 0.0609. The van der Waals surface area contributed by atoms with Gasteiger partial charge in [0.05, 0.1) is 0 Å². The number of nitrogens with one attached hydrogen (secondary N) is 2. The van der Waals surface area contributed by atoms with Crippen LogP contribution in [0.1, 0.15) is 31.7 Å². The second kappa shape index (κ2) is 7.10. The van der Waals surface area contributed by atoms with Gasteiger partial charge in [0.1, 0.15) is 0 Å². The van der Waals surface area contributed by atoms with Crippen LogP contribution in [0.3, 0.4) is 0 Å². The zero-order valence-electron chi connectivity index (χ0n) is 11.9. The number of hydrogen-bond donors (Lipinski definition) is 3. The van der Waals surface area contributed by atoms with Gasteiger partial charge in [-0.15, -0.1) is 0 Å². The highest BCUT2D eigenvalue weighted by Crippen LogP contribution is 2.19. The predicted molar refractivity (Wildman–Crippen MR) is 80.5 cm³/mol. The van der Waals surface area contributed by atoms with E-state index in [4.69, 9.17) is 5.11 Å². The summed E-state index contributed by atoms with van der Waals surface area (Å²) in [6.45, 7) is 2.02. The fourth-order valence-electron chi connectivity index (χ4n) is 2.39. The minimum Gasteiger partial charge on any atom is -0.396 e. The molecule has 0 fully saturated rings. The highest BCUT2D eigenvalue weighted by atomic mass is 16.3. The molecule has 20 heavy (non-hydrogen) atoms. The van der Waals surface area contributed by atoms with E-state index in [-0.39, 0.29) is 18.6 Å². The number of aliphatic hydroxyl groups excluding tert-OH is 1. The average molecular weight is 274 g/mol. The molecule has 0 radical (unpaired) electrons. The van der Waals surface area contributed by atoms with Crippen molar-refractivity contribution in [2.45, 2.75) is 38.6 Å². The topological polar surface area (TPSA) is 65.1 Å². The number of benzene rings is 1. The standard InChI is InChI=1S/C16H22N2O2/c1-12(9-10-19)18-16(20)8-4-5-13-11-17-15-7-3-2-6-14(13)15/h2-3,6-7,11-12,17,19H,4-5,8-10H2,1H3,(H,18,20). The molecule has 2 rings (SSSR count). The first-order valence-corrected chi connectivity index (χ1v) is 7.16. The van der Waals surface area contributed by atoms with Gasteiger partial charge in [-0.25, -0.2) is 0 Å². The van der Waals surface area contributed by atoms with E-state index < -0.39 is 0 Å². The lowest BCUT2D eigenvalue weighted by atomic mass is 10.1. The van der Waals surface area contributed by atoms with E-state index >= 15 is 0 Å². The molecule has 1 heterocycles. The van der Waals surface area contributed by atoms with E-state index in [0.717, 1.165) is 18.4 Å². The summed E-state index contributed by atoms with van der Waals surface area (Å²) in [6, 6.07) is 8.24. The first-order chi connectivity index (χ1) is 9.70. The Labute approximate surface area is 119 Å². The fraction of sp³-hybridized carbons (Fsp3) is 0.438. The number of aromatic amines is 1. The largest absolute Gasteiger partial charge is 0.396 e. The van der Waals surface area contributed by atoms with Crippen LogP contribution >= 0.6 is 0 Å². The normalized spacial score (nSPS) is 12.5. The molecular formula is C16H22N2O2. The van der Waals surface area contributed by atoms with Crippen molar-refractivity contribution in [1.82, 2.24) is 10.3 Å². The van der Waals surface area contributed by atoms with Crippen LogP contribution < -0.4 is 5.32 Å². The van der Waals surface area contributed by atoms with E-state index in [0.29, 0.717) is 12.8 Å². The molecule has 1 aromatic carbocycles. The SMILES string of the molecule is CC(CCO)NC(=O)CCCc1c[nH]c2ccccc12. The lowest BCUT2D eigenvalue weighted by molar-refractivity contribution is -0.121. The molecule has 0 aliphatic rings. The highest BCUT2D eigenvalue weighted by Gasteiger charge is 2.08. The smallest absolute Gasteiger partial charge is 0.220 e. The summed E-state index contributed by atoms with van der Waals surface area (Å²) in [5.41, 5.74) is 2.40. The molecule has 1 atom stereocenters. The molecule has 0 saturated heterocycles. The summed E-state index contributed by atoms with van der Waals surface area (Å²) < 4.78 is 0. The Morgan fingerprint density at radius 3 is 3.00 bits per heavy atom. The Balaban J connectivity index is 1.80. The predicted octanol–water partition coefficient (Wildman–Crippen LogP) is 2.38. The number of aromatic nitrogens is 1. The Bertz CT molecular complexity index is 562. The van der Waals surface area contributed by atoms with Crippen molar-refractivity contribution >= 4 is 16.8 Å². The molecule has 4 nitrogen and oxygen atoms in total. The maximum Gasteiger partial charge on any atom is 0.220 e. The summed E-state index contributed by atoms with van der Waals surface area (Å²) in [7, 11) is 0. The number of para-hydroxylation sites is 1. The van der Waals surface area contributed by atoms with E-state index in [9.17, 15) is 4.79 Å². The van der Waals surface area contributed by atoms with Gasteiger partial charge in [-0.1, -0.05) is 18.2 Å². The second-order valence-electron chi connectivity index (χ2n) is 5.19. The minimum atomic E-state index is 0.0422. The van der Waals surface area contributed by atoms with Gasteiger partial charge in [-0.05, 0) is 37.8 Å². The number of rotatable bonds is 7. The average Bonchev–Trinajstić information content (AvgIpc) is 2.82. The molecule has 0 saturated carbocycles. The monoisotopic (exact) mass is 274 g/mol. The van der Waals surface area contributed by atoms with Gasteiger partial charge in [0.2, 0.25) is 5.91 Å². The Morgan fingerprint density at radius 2 is 2.20 bits per heavy atom. The van der Waals surface area contributed by atoms with Gasteiger partial charge in [0, 0.05) is 36.2 Å². The van der Waals surface area contributed by atoms with Gasteiger partial charge in [-0.2, -0.15) is 0 Å². The van der Waals surface area contributed by atoms with Gasteiger partial charge in [0.25, 0.3) is 0 Å². The molecule has 108 valence electrons. The first-order valence-electron chi connectivity index (χ1n) is 7.16. The van der Waals surface area contributed by atoms with Gasteiger partial charge < -0.3 is 15.4 Å². The van der Waals surface area contributed by atoms with Crippen molar-refractivity contribution in [3.05, 3.63) is 36.0 Å². The third kappa shape index (κ3) is 3.84. The molecule has 1 amide bonds. The van der Waals surface area contributed by atoms with Crippen LogP contribution in [0, 0.1) is 0 Å². The molecule has 0 bridgehead atoms. The van der Waals surface area contributed by atoms with E-state index in [2.05, 4.69) is 22.4 Å². The van der Waals surface area contributed by atoms with Crippen LogP contribution in [0.2, 0.25) is 0 Å². The van der Waals surface area contributed by atoms with Crippen LogP contribution in [-0.2, 0) is 11.2 Å². The van der Waals surface area contributed by atoms with E-state index in [1.54, 1.807) is 0 Å². The summed E-state index contributed by atoms with van der Waals surface area (Å²) >= 11 is 0. The van der Waals surface area contributed by atoms with Gasteiger partial charge >= 0.3 is 0 Å². The van der Waals surface area contributed by atoms with Crippen molar-refractivity contribution in [3.63, 3.8) is 0 Å². The number of aliphatic hydroxyl groups is 1. The maximum atomic E-state index is 11.7. The summed E-state index contributed by atoms with van der Waals surface area (Å²) in [6.07, 6.45) is 4.88. The molecule has 0 aliphatic heterocycles. The number of carbonyl (C=O) groups is 1. The van der Waals surface area contributed by atoms with Crippen LogP contribution in [0.4, 0.5) is 0 Å². The lowest BCUT2D eigenvalue weighted by Crippen LogP contribution is -2.32. The molecule has 0 spiro atoms. The number of hydrogen-bond acceptors (Lipinski definition) is 2. The van der Waals surface area contributed by atoms with Crippen molar-refractivity contribution in [1.29, 1.82) is 0 Å². The fourth-order valence-corrected chi connectivity index (χ4v) is 2.39. The van der Waals surface area contributed by atoms with E-state index in [1.165, 1.54) is 10.9 Å². The molecule has 2 aromatic rings. The molecule has 1 unspecified atom stereocenters. The van der Waals surface area contributed by atoms with Gasteiger partial charge in [-0.3, -0.25) is 4.79 Å². The summed E-state index contributed by atoms with van der Waals surface area (Å²) in [5, 5.41) is 12.9. The lowest BCUT2D eigenvalue weighted by Gasteiger charge is -2.12. The maximum absolute atomic E-state index is 11.7. The molecule has 4 heteroatoms. The van der Waals surface area contributed by atoms with Crippen LogP contribution in [0.15, 0.2) is 30.5 Å². The Hall–Kier alpha value is -1.81. The zero-order chi connectivity index (χ0) is 14.4. The Morgan fingerprint density at radius 1 is 1.40 bits per heavy atom. The molecule has 0 aliphatic carbocycles.